The molecular weight excluding hydrogens is 406 g/mol. The summed E-state index contributed by atoms with van der Waals surface area (Å²) in [5, 5.41) is 22.9. The van der Waals surface area contributed by atoms with Gasteiger partial charge in [-0.05, 0) is 56.5 Å². The van der Waals surface area contributed by atoms with Crippen LogP contribution >= 0.6 is 0 Å². The molecule has 9 nitrogen and oxygen atoms in total. The SMILES string of the molecule is Cc1cc(C#N)ccc1Nc1nc2c(/C=C3/CC(=O)NC3=O)cnn2c(NC2CC2)c1C. The molecule has 2 aromatic heterocycles. The zero-order valence-corrected chi connectivity index (χ0v) is 17.7. The predicted octanol–water partition coefficient (Wildman–Crippen LogP) is 2.97. The summed E-state index contributed by atoms with van der Waals surface area (Å²) < 4.78 is 1.74. The molecule has 1 aliphatic heterocycles. The van der Waals surface area contributed by atoms with Gasteiger partial charge in [-0.2, -0.15) is 14.9 Å². The Kier molecular flexibility index (Phi) is 4.63. The van der Waals surface area contributed by atoms with Crippen molar-refractivity contribution in [3.63, 3.8) is 0 Å². The summed E-state index contributed by atoms with van der Waals surface area (Å²) >= 11 is 0. The second-order valence-corrected chi connectivity index (χ2v) is 8.18. The molecule has 0 atom stereocenters. The second kappa shape index (κ2) is 7.50. The van der Waals surface area contributed by atoms with Crippen LogP contribution in [0.25, 0.3) is 11.7 Å². The summed E-state index contributed by atoms with van der Waals surface area (Å²) in [6.07, 6.45) is 5.56. The van der Waals surface area contributed by atoms with Gasteiger partial charge < -0.3 is 10.6 Å². The fraction of sp³-hybridized carbons (Fsp3) is 0.261. The largest absolute Gasteiger partial charge is 0.367 e. The minimum Gasteiger partial charge on any atom is -0.367 e. The van der Waals surface area contributed by atoms with Gasteiger partial charge >= 0.3 is 0 Å². The normalized spacial score (nSPS) is 17.0. The highest BCUT2D eigenvalue weighted by molar-refractivity contribution is 6.15. The lowest BCUT2D eigenvalue weighted by atomic mass is 10.1. The van der Waals surface area contributed by atoms with E-state index >= 15 is 0 Å². The smallest absolute Gasteiger partial charge is 0.254 e. The number of nitrogens with one attached hydrogen (secondary N) is 3. The average molecular weight is 427 g/mol. The number of amides is 2. The molecule has 3 aromatic rings. The summed E-state index contributed by atoms with van der Waals surface area (Å²) in [4.78, 5) is 28.4. The number of hydrogen-bond donors (Lipinski definition) is 3. The third-order valence-corrected chi connectivity index (χ3v) is 5.66. The molecule has 5 rings (SSSR count). The van der Waals surface area contributed by atoms with Crippen molar-refractivity contribution in [3.8, 4) is 6.07 Å². The number of benzene rings is 1. The van der Waals surface area contributed by atoms with Gasteiger partial charge in [-0.25, -0.2) is 4.98 Å². The highest BCUT2D eigenvalue weighted by Gasteiger charge is 2.27. The standard InChI is InChI=1S/C23H21N7O2/c1-12-7-14(10-24)3-6-18(12)27-20-13(2)21(26-17-4-5-17)30-22(29-20)16(11-25-30)8-15-9-19(31)28-23(15)32/h3,6-8,11,17,26H,4-5,9H2,1-2H3,(H,27,29)(H,28,31,32)/b15-8-. The molecule has 2 aliphatic rings. The molecule has 2 fully saturated rings. The Balaban J connectivity index is 1.62. The third-order valence-electron chi connectivity index (χ3n) is 5.66. The Bertz CT molecular complexity index is 1360. The Hall–Kier alpha value is -4.19. The lowest BCUT2D eigenvalue weighted by molar-refractivity contribution is -0.124. The molecule has 1 saturated carbocycles. The minimum absolute atomic E-state index is 0.0464. The van der Waals surface area contributed by atoms with Gasteiger partial charge in [0.05, 0.1) is 24.3 Å². The van der Waals surface area contributed by atoms with Crippen molar-refractivity contribution >= 4 is 40.9 Å². The van der Waals surface area contributed by atoms with Gasteiger partial charge in [0.25, 0.3) is 5.91 Å². The monoisotopic (exact) mass is 427 g/mol. The molecule has 9 heteroatoms. The first-order chi connectivity index (χ1) is 15.4. The van der Waals surface area contributed by atoms with Crippen molar-refractivity contribution in [1.82, 2.24) is 19.9 Å². The molecule has 160 valence electrons. The molecule has 3 heterocycles. The third kappa shape index (κ3) is 3.56. The van der Waals surface area contributed by atoms with Crippen molar-refractivity contribution in [2.75, 3.05) is 10.6 Å². The number of hydrogen-bond acceptors (Lipinski definition) is 7. The van der Waals surface area contributed by atoms with E-state index in [4.69, 9.17) is 10.2 Å². The van der Waals surface area contributed by atoms with Crippen LogP contribution < -0.4 is 16.0 Å². The maximum atomic E-state index is 12.0. The fourth-order valence-corrected chi connectivity index (χ4v) is 3.71. The highest BCUT2D eigenvalue weighted by Crippen LogP contribution is 2.33. The molecule has 1 saturated heterocycles. The topological polar surface area (TPSA) is 124 Å². The van der Waals surface area contributed by atoms with E-state index in [1.807, 2.05) is 26.0 Å². The van der Waals surface area contributed by atoms with Gasteiger partial charge in [-0.1, -0.05) is 0 Å². The lowest BCUT2D eigenvalue weighted by Crippen LogP contribution is -2.19. The predicted molar refractivity (Wildman–Crippen MR) is 119 cm³/mol. The summed E-state index contributed by atoms with van der Waals surface area (Å²) in [5.41, 5.74) is 4.90. The summed E-state index contributed by atoms with van der Waals surface area (Å²) in [5.74, 6) is 0.795. The van der Waals surface area contributed by atoms with E-state index in [1.54, 1.807) is 22.9 Å². The molecular formula is C23H21N7O2. The highest BCUT2D eigenvalue weighted by atomic mass is 16.2. The van der Waals surface area contributed by atoms with Gasteiger partial charge in [0.1, 0.15) is 11.6 Å². The molecule has 0 unspecified atom stereocenters. The molecule has 0 radical (unpaired) electrons. The quantitative estimate of drug-likeness (QED) is 0.422. The van der Waals surface area contributed by atoms with E-state index in [0.29, 0.717) is 34.2 Å². The molecule has 2 amide bonds. The first kappa shape index (κ1) is 19.8. The van der Waals surface area contributed by atoms with Crippen molar-refractivity contribution in [1.29, 1.82) is 5.26 Å². The van der Waals surface area contributed by atoms with Crippen LogP contribution in [0.3, 0.4) is 0 Å². The lowest BCUT2D eigenvalue weighted by Gasteiger charge is -2.17. The van der Waals surface area contributed by atoms with E-state index in [0.717, 1.165) is 35.5 Å². The first-order valence-corrected chi connectivity index (χ1v) is 10.4. The summed E-state index contributed by atoms with van der Waals surface area (Å²) in [7, 11) is 0. The maximum absolute atomic E-state index is 12.0. The number of nitriles is 1. The zero-order chi connectivity index (χ0) is 22.4. The molecule has 1 aromatic carbocycles. The van der Waals surface area contributed by atoms with Crippen LogP contribution in [0, 0.1) is 25.2 Å². The summed E-state index contributed by atoms with van der Waals surface area (Å²) in [6, 6.07) is 7.99. The van der Waals surface area contributed by atoms with Crippen LogP contribution in [-0.2, 0) is 9.59 Å². The van der Waals surface area contributed by atoms with E-state index in [2.05, 4.69) is 27.1 Å². The van der Waals surface area contributed by atoms with Gasteiger partial charge in [-0.15, -0.1) is 0 Å². The van der Waals surface area contributed by atoms with Crippen molar-refractivity contribution in [2.45, 2.75) is 39.2 Å². The Morgan fingerprint density at radius 2 is 2.09 bits per heavy atom. The second-order valence-electron chi connectivity index (χ2n) is 8.18. The van der Waals surface area contributed by atoms with Gasteiger partial charge in [0.2, 0.25) is 5.91 Å². The number of rotatable bonds is 5. The van der Waals surface area contributed by atoms with Gasteiger partial charge in [-0.3, -0.25) is 14.9 Å². The van der Waals surface area contributed by atoms with E-state index in [9.17, 15) is 9.59 Å². The van der Waals surface area contributed by atoms with Crippen LogP contribution in [0.2, 0.25) is 0 Å². The van der Waals surface area contributed by atoms with Crippen LogP contribution in [0.4, 0.5) is 17.3 Å². The Morgan fingerprint density at radius 1 is 1.28 bits per heavy atom. The number of aromatic nitrogens is 3. The number of fused-ring (bicyclic) bond motifs is 1. The molecule has 0 spiro atoms. The zero-order valence-electron chi connectivity index (χ0n) is 17.7. The minimum atomic E-state index is -0.385. The van der Waals surface area contributed by atoms with Crippen molar-refractivity contribution < 1.29 is 9.59 Å². The fourth-order valence-electron chi connectivity index (χ4n) is 3.71. The molecule has 1 aliphatic carbocycles. The number of carbonyl (C=O) groups is 2. The Morgan fingerprint density at radius 3 is 2.75 bits per heavy atom. The summed E-state index contributed by atoms with van der Waals surface area (Å²) in [6.45, 7) is 3.91. The molecule has 3 N–H and O–H groups in total. The van der Waals surface area contributed by atoms with Crippen LogP contribution in [0.15, 0.2) is 30.0 Å². The van der Waals surface area contributed by atoms with Gasteiger partial charge in [0, 0.05) is 28.4 Å². The number of imide groups is 1. The Labute approximate surface area is 184 Å². The van der Waals surface area contributed by atoms with Crippen molar-refractivity contribution in [3.05, 3.63) is 52.2 Å². The van der Waals surface area contributed by atoms with Crippen LogP contribution in [0.1, 0.15) is 41.5 Å². The number of anilines is 3. The number of aryl methyl sites for hydroxylation is 1. The van der Waals surface area contributed by atoms with Gasteiger partial charge in [0.15, 0.2) is 5.65 Å². The molecule has 32 heavy (non-hydrogen) atoms. The van der Waals surface area contributed by atoms with E-state index < -0.39 is 0 Å². The van der Waals surface area contributed by atoms with Crippen LogP contribution in [-0.4, -0.2) is 32.5 Å². The van der Waals surface area contributed by atoms with Crippen molar-refractivity contribution in [2.24, 2.45) is 0 Å². The maximum Gasteiger partial charge on any atom is 0.254 e. The number of nitrogens with zero attached hydrogens (tertiary/aromatic N) is 4. The van der Waals surface area contributed by atoms with E-state index in [1.165, 1.54) is 0 Å². The van der Waals surface area contributed by atoms with E-state index in [-0.39, 0.29) is 18.2 Å². The molecule has 0 bridgehead atoms. The number of carbonyl (C=O) groups excluding carboxylic acids is 2. The average Bonchev–Trinajstić information content (AvgIpc) is 3.42. The first-order valence-electron chi connectivity index (χ1n) is 10.4. The van der Waals surface area contributed by atoms with Crippen LogP contribution in [0.5, 0.6) is 0 Å².